The second-order valence-corrected chi connectivity index (χ2v) is 6.57. The summed E-state index contributed by atoms with van der Waals surface area (Å²) in [5, 5.41) is 14.7. The van der Waals surface area contributed by atoms with Crippen LogP contribution in [0.5, 0.6) is 0 Å². The number of rotatable bonds is 6. The highest BCUT2D eigenvalue weighted by Gasteiger charge is 2.16. The lowest BCUT2D eigenvalue weighted by atomic mass is 10.1. The van der Waals surface area contributed by atoms with Crippen LogP contribution in [0.15, 0.2) is 44.4 Å². The molecule has 1 aromatic carbocycles. The Kier molecular flexibility index (Phi) is 5.57. The van der Waals surface area contributed by atoms with Crippen LogP contribution in [0.4, 0.5) is 0 Å². The number of nitrogens with zero attached hydrogens (tertiary/aromatic N) is 4. The molecule has 9 heteroatoms. The van der Waals surface area contributed by atoms with Crippen molar-refractivity contribution < 1.29 is 9.63 Å². The number of aryl methyl sites for hydroxylation is 1. The van der Waals surface area contributed by atoms with Crippen molar-refractivity contribution in [2.75, 3.05) is 0 Å². The summed E-state index contributed by atoms with van der Waals surface area (Å²) >= 11 is 5.84. The second-order valence-electron chi connectivity index (χ2n) is 6.13. The number of aliphatic hydroxyl groups is 1. The first-order valence-electron chi connectivity index (χ1n) is 8.43. The van der Waals surface area contributed by atoms with Gasteiger partial charge in [0.05, 0.1) is 6.10 Å². The van der Waals surface area contributed by atoms with Crippen LogP contribution in [0.2, 0.25) is 5.02 Å². The van der Waals surface area contributed by atoms with Crippen LogP contribution in [-0.4, -0.2) is 24.4 Å². The maximum absolute atomic E-state index is 12.4. The van der Waals surface area contributed by atoms with Gasteiger partial charge in [-0.25, -0.2) is 4.79 Å². The van der Waals surface area contributed by atoms with Gasteiger partial charge in [0.2, 0.25) is 5.89 Å². The highest BCUT2D eigenvalue weighted by molar-refractivity contribution is 6.30. The van der Waals surface area contributed by atoms with Gasteiger partial charge in [-0.1, -0.05) is 35.8 Å². The van der Waals surface area contributed by atoms with Gasteiger partial charge in [0, 0.05) is 30.3 Å². The Morgan fingerprint density at radius 1 is 1.26 bits per heavy atom. The Bertz CT molecular complexity index is 1050. The van der Waals surface area contributed by atoms with Gasteiger partial charge in [-0.15, -0.1) is 0 Å². The van der Waals surface area contributed by atoms with Gasteiger partial charge in [0.25, 0.3) is 5.56 Å². The number of halogens is 1. The summed E-state index contributed by atoms with van der Waals surface area (Å²) in [6.45, 7) is 1.74. The minimum Gasteiger partial charge on any atom is -0.388 e. The van der Waals surface area contributed by atoms with Crippen molar-refractivity contribution in [1.29, 1.82) is 0 Å². The lowest BCUT2D eigenvalue weighted by molar-refractivity contribution is 0.174. The predicted molar refractivity (Wildman–Crippen MR) is 98.8 cm³/mol. The number of hydrogen-bond donors (Lipinski definition) is 1. The first-order valence-corrected chi connectivity index (χ1v) is 8.81. The maximum atomic E-state index is 12.4. The molecule has 3 rings (SSSR count). The van der Waals surface area contributed by atoms with Gasteiger partial charge in [0.15, 0.2) is 5.82 Å². The molecule has 0 fully saturated rings. The lowest BCUT2D eigenvalue weighted by Crippen LogP contribution is -2.40. The first kappa shape index (κ1) is 19.1. The molecule has 0 aliphatic heterocycles. The standard InChI is InChI=1S/C18H19ClN4O4/c1-3-13-8-17(25)23(18(26)22(13)2)10-16-20-15(21-27-16)9-14(24)11-4-6-12(19)7-5-11/h4-8,14,24H,3,9-10H2,1-2H3/t14-/m0/s1. The zero-order valence-corrected chi connectivity index (χ0v) is 15.7. The van der Waals surface area contributed by atoms with E-state index in [1.54, 1.807) is 31.3 Å². The van der Waals surface area contributed by atoms with Crippen LogP contribution in [0.3, 0.4) is 0 Å². The van der Waals surface area contributed by atoms with Crippen molar-refractivity contribution in [1.82, 2.24) is 19.3 Å². The zero-order valence-electron chi connectivity index (χ0n) is 14.9. The molecule has 1 atom stereocenters. The molecule has 0 radical (unpaired) electrons. The molecule has 0 saturated carbocycles. The van der Waals surface area contributed by atoms with Crippen LogP contribution >= 0.6 is 11.6 Å². The number of benzene rings is 1. The normalized spacial score (nSPS) is 12.3. The summed E-state index contributed by atoms with van der Waals surface area (Å²) in [5.74, 6) is 0.402. The average molecular weight is 391 g/mol. The molecule has 0 spiro atoms. The minimum atomic E-state index is -0.827. The monoisotopic (exact) mass is 390 g/mol. The van der Waals surface area contributed by atoms with Gasteiger partial charge >= 0.3 is 5.69 Å². The fourth-order valence-electron chi connectivity index (χ4n) is 2.75. The van der Waals surface area contributed by atoms with Crippen LogP contribution in [0.1, 0.15) is 36.0 Å². The van der Waals surface area contributed by atoms with E-state index in [0.717, 1.165) is 4.57 Å². The molecular formula is C18H19ClN4O4. The van der Waals surface area contributed by atoms with E-state index in [2.05, 4.69) is 10.1 Å². The van der Waals surface area contributed by atoms with Crippen molar-refractivity contribution in [2.45, 2.75) is 32.4 Å². The molecule has 0 amide bonds. The highest BCUT2D eigenvalue weighted by atomic mass is 35.5. The molecule has 0 unspecified atom stereocenters. The number of aliphatic hydroxyl groups excluding tert-OH is 1. The van der Waals surface area contributed by atoms with Gasteiger partial charge < -0.3 is 14.2 Å². The SMILES string of the molecule is CCc1cc(=O)n(Cc2nc(C[C@H](O)c3ccc(Cl)cc3)no2)c(=O)n1C. The number of hydrogen-bond acceptors (Lipinski definition) is 6. The van der Waals surface area contributed by atoms with Crippen LogP contribution in [-0.2, 0) is 26.4 Å². The van der Waals surface area contributed by atoms with E-state index in [4.69, 9.17) is 16.1 Å². The van der Waals surface area contributed by atoms with Crippen LogP contribution in [0, 0.1) is 0 Å². The Labute approximate surface area is 159 Å². The van der Waals surface area contributed by atoms with Crippen molar-refractivity contribution >= 4 is 11.6 Å². The van der Waals surface area contributed by atoms with Crippen molar-refractivity contribution in [3.8, 4) is 0 Å². The molecule has 0 saturated heterocycles. The molecule has 2 heterocycles. The van der Waals surface area contributed by atoms with E-state index in [1.165, 1.54) is 10.6 Å². The average Bonchev–Trinajstić information content (AvgIpc) is 3.09. The lowest BCUT2D eigenvalue weighted by Gasteiger charge is -2.09. The third-order valence-electron chi connectivity index (χ3n) is 4.30. The largest absolute Gasteiger partial charge is 0.388 e. The van der Waals surface area contributed by atoms with E-state index in [-0.39, 0.29) is 24.7 Å². The Morgan fingerprint density at radius 3 is 2.63 bits per heavy atom. The molecule has 27 heavy (non-hydrogen) atoms. The molecule has 142 valence electrons. The third-order valence-corrected chi connectivity index (χ3v) is 4.55. The van der Waals surface area contributed by atoms with E-state index in [1.807, 2.05) is 6.92 Å². The summed E-state index contributed by atoms with van der Waals surface area (Å²) in [5.41, 5.74) is 0.459. The van der Waals surface area contributed by atoms with Gasteiger partial charge in [-0.2, -0.15) is 4.98 Å². The highest BCUT2D eigenvalue weighted by Crippen LogP contribution is 2.19. The minimum absolute atomic E-state index is 0.122. The second kappa shape index (κ2) is 7.89. The van der Waals surface area contributed by atoms with E-state index < -0.39 is 17.4 Å². The summed E-state index contributed by atoms with van der Waals surface area (Å²) in [6.07, 6.45) is -0.116. The predicted octanol–water partition coefficient (Wildman–Crippen LogP) is 1.47. The molecule has 0 aliphatic carbocycles. The Balaban J connectivity index is 1.77. The summed E-state index contributed by atoms with van der Waals surface area (Å²) in [6, 6.07) is 8.22. The molecule has 0 bridgehead atoms. The summed E-state index contributed by atoms with van der Waals surface area (Å²) < 4.78 is 7.58. The molecule has 1 N–H and O–H groups in total. The van der Waals surface area contributed by atoms with E-state index >= 15 is 0 Å². The molecule has 0 aliphatic rings. The Hall–Kier alpha value is -2.71. The molecule has 2 aromatic heterocycles. The summed E-state index contributed by atoms with van der Waals surface area (Å²) in [4.78, 5) is 28.7. The Morgan fingerprint density at radius 2 is 1.96 bits per heavy atom. The number of aromatic nitrogens is 4. The topological polar surface area (TPSA) is 103 Å². The van der Waals surface area contributed by atoms with E-state index in [0.29, 0.717) is 22.7 Å². The third kappa shape index (κ3) is 4.17. The quantitative estimate of drug-likeness (QED) is 0.683. The fourth-order valence-corrected chi connectivity index (χ4v) is 2.87. The maximum Gasteiger partial charge on any atom is 0.331 e. The van der Waals surface area contributed by atoms with Gasteiger partial charge in [0.1, 0.15) is 6.54 Å². The van der Waals surface area contributed by atoms with Crippen molar-refractivity contribution in [2.24, 2.45) is 7.05 Å². The first-order chi connectivity index (χ1) is 12.9. The molecule has 8 nitrogen and oxygen atoms in total. The van der Waals surface area contributed by atoms with Crippen molar-refractivity contribution in [3.63, 3.8) is 0 Å². The smallest absolute Gasteiger partial charge is 0.331 e. The molecule has 3 aromatic rings. The zero-order chi connectivity index (χ0) is 19.6. The van der Waals surface area contributed by atoms with Crippen molar-refractivity contribution in [3.05, 3.63) is 79.2 Å². The molecular weight excluding hydrogens is 372 g/mol. The van der Waals surface area contributed by atoms with Gasteiger partial charge in [-0.05, 0) is 24.1 Å². The summed E-state index contributed by atoms with van der Waals surface area (Å²) in [7, 11) is 1.61. The van der Waals surface area contributed by atoms with Crippen LogP contribution < -0.4 is 11.2 Å². The van der Waals surface area contributed by atoms with Crippen LogP contribution in [0.25, 0.3) is 0 Å². The van der Waals surface area contributed by atoms with Gasteiger partial charge in [-0.3, -0.25) is 9.36 Å². The fraction of sp³-hybridized carbons (Fsp3) is 0.333. The van der Waals surface area contributed by atoms with E-state index in [9.17, 15) is 14.7 Å².